The highest BCUT2D eigenvalue weighted by molar-refractivity contribution is 7.92. The number of thiophene rings is 1. The van der Waals surface area contributed by atoms with Gasteiger partial charge in [0.15, 0.2) is 0 Å². The Balaban J connectivity index is 1.76. The number of halogens is 1. The Morgan fingerprint density at radius 3 is 2.53 bits per heavy atom. The Morgan fingerprint density at radius 1 is 1.17 bits per heavy atom. The standard InChI is InChI=1S/C21H21FN2O4S2/c1-14(12-18-4-3-11-29-18)23-21(25)15-5-10-19(22)20(13-15)30(26,27)24-16-6-8-17(28-2)9-7-16/h3-11,13-14,24H,12H2,1-2H3,(H,23,25). The quantitative estimate of drug-likeness (QED) is 0.544. The zero-order chi connectivity index (χ0) is 21.7. The lowest BCUT2D eigenvalue weighted by atomic mass is 10.1. The highest BCUT2D eigenvalue weighted by Crippen LogP contribution is 2.22. The van der Waals surface area contributed by atoms with Crippen molar-refractivity contribution in [3.63, 3.8) is 0 Å². The van der Waals surface area contributed by atoms with Crippen molar-refractivity contribution in [2.45, 2.75) is 24.3 Å². The maximum absolute atomic E-state index is 14.3. The molecule has 2 aromatic carbocycles. The van der Waals surface area contributed by atoms with E-state index in [9.17, 15) is 17.6 Å². The molecular formula is C21H21FN2O4S2. The lowest BCUT2D eigenvalue weighted by Gasteiger charge is -2.14. The second-order valence-electron chi connectivity index (χ2n) is 6.64. The predicted molar refractivity (Wildman–Crippen MR) is 115 cm³/mol. The summed E-state index contributed by atoms with van der Waals surface area (Å²) >= 11 is 1.59. The van der Waals surface area contributed by atoms with Gasteiger partial charge in [-0.15, -0.1) is 11.3 Å². The summed E-state index contributed by atoms with van der Waals surface area (Å²) in [5, 5.41) is 4.77. The number of amides is 1. The SMILES string of the molecule is COc1ccc(NS(=O)(=O)c2cc(C(=O)NC(C)Cc3cccs3)ccc2F)cc1. The van der Waals surface area contributed by atoms with E-state index in [1.165, 1.54) is 25.3 Å². The number of sulfonamides is 1. The Labute approximate surface area is 178 Å². The van der Waals surface area contributed by atoms with Crippen LogP contribution in [0, 0.1) is 5.82 Å². The number of carbonyl (C=O) groups is 1. The number of benzene rings is 2. The number of hydrogen-bond donors (Lipinski definition) is 2. The van der Waals surface area contributed by atoms with Crippen molar-refractivity contribution < 1.29 is 22.3 Å². The predicted octanol–water partition coefficient (Wildman–Crippen LogP) is 4.06. The minimum atomic E-state index is -4.23. The summed E-state index contributed by atoms with van der Waals surface area (Å²) in [7, 11) is -2.74. The average Bonchev–Trinajstić information content (AvgIpc) is 3.21. The van der Waals surface area contributed by atoms with E-state index in [-0.39, 0.29) is 17.3 Å². The van der Waals surface area contributed by atoms with Crippen molar-refractivity contribution in [2.24, 2.45) is 0 Å². The van der Waals surface area contributed by atoms with Crippen molar-refractivity contribution in [3.05, 3.63) is 76.2 Å². The molecule has 1 atom stereocenters. The van der Waals surface area contributed by atoms with Gasteiger partial charge in [-0.3, -0.25) is 9.52 Å². The maximum atomic E-state index is 14.3. The molecule has 3 aromatic rings. The van der Waals surface area contributed by atoms with E-state index in [1.807, 2.05) is 24.4 Å². The molecule has 0 saturated carbocycles. The Morgan fingerprint density at radius 2 is 1.90 bits per heavy atom. The van der Waals surface area contributed by atoms with Crippen LogP contribution in [0.1, 0.15) is 22.2 Å². The first kappa shape index (κ1) is 21.8. The van der Waals surface area contributed by atoms with Gasteiger partial charge in [0.2, 0.25) is 0 Å². The van der Waals surface area contributed by atoms with Gasteiger partial charge in [0.25, 0.3) is 15.9 Å². The van der Waals surface area contributed by atoms with Crippen LogP contribution in [0.25, 0.3) is 0 Å². The van der Waals surface area contributed by atoms with Crippen molar-refractivity contribution in [1.82, 2.24) is 5.32 Å². The lowest BCUT2D eigenvalue weighted by Crippen LogP contribution is -2.34. The molecule has 30 heavy (non-hydrogen) atoms. The summed E-state index contributed by atoms with van der Waals surface area (Å²) < 4.78 is 47.0. The summed E-state index contributed by atoms with van der Waals surface area (Å²) in [4.78, 5) is 13.1. The molecule has 0 aliphatic rings. The molecule has 0 aliphatic carbocycles. The molecule has 0 fully saturated rings. The molecule has 158 valence electrons. The monoisotopic (exact) mass is 448 g/mol. The van der Waals surface area contributed by atoms with Crippen LogP contribution in [-0.4, -0.2) is 27.5 Å². The van der Waals surface area contributed by atoms with Crippen LogP contribution in [0.15, 0.2) is 64.9 Å². The van der Waals surface area contributed by atoms with Gasteiger partial charge in [0.1, 0.15) is 16.5 Å². The molecule has 0 aliphatic heterocycles. The van der Waals surface area contributed by atoms with Gasteiger partial charge in [0, 0.05) is 28.6 Å². The molecule has 1 aromatic heterocycles. The van der Waals surface area contributed by atoms with Crippen molar-refractivity contribution in [3.8, 4) is 5.75 Å². The van der Waals surface area contributed by atoms with E-state index in [0.29, 0.717) is 12.2 Å². The largest absolute Gasteiger partial charge is 0.497 e. The van der Waals surface area contributed by atoms with Crippen molar-refractivity contribution in [1.29, 1.82) is 0 Å². The third-order valence-electron chi connectivity index (χ3n) is 4.29. The summed E-state index contributed by atoms with van der Waals surface area (Å²) in [5.74, 6) is -0.862. The van der Waals surface area contributed by atoms with Gasteiger partial charge in [-0.05, 0) is 60.8 Å². The van der Waals surface area contributed by atoms with Crippen LogP contribution in [0.5, 0.6) is 5.75 Å². The second kappa shape index (κ2) is 9.27. The van der Waals surface area contributed by atoms with Gasteiger partial charge >= 0.3 is 0 Å². The smallest absolute Gasteiger partial charge is 0.264 e. The maximum Gasteiger partial charge on any atom is 0.264 e. The van der Waals surface area contributed by atoms with Gasteiger partial charge in [0.05, 0.1) is 7.11 Å². The van der Waals surface area contributed by atoms with Crippen LogP contribution >= 0.6 is 11.3 Å². The third kappa shape index (κ3) is 5.37. The summed E-state index contributed by atoms with van der Waals surface area (Å²) in [6.45, 7) is 1.85. The lowest BCUT2D eigenvalue weighted by molar-refractivity contribution is 0.0940. The van der Waals surface area contributed by atoms with Gasteiger partial charge in [-0.2, -0.15) is 0 Å². The fourth-order valence-corrected chi connectivity index (χ4v) is 4.81. The second-order valence-corrected chi connectivity index (χ2v) is 9.32. The van der Waals surface area contributed by atoms with Crippen LogP contribution in [0.2, 0.25) is 0 Å². The molecule has 9 heteroatoms. The Bertz CT molecular complexity index is 1110. The van der Waals surface area contributed by atoms with E-state index in [4.69, 9.17) is 4.74 Å². The molecule has 6 nitrogen and oxygen atoms in total. The van der Waals surface area contributed by atoms with Crippen LogP contribution in [0.4, 0.5) is 10.1 Å². The molecular weight excluding hydrogens is 427 g/mol. The fraction of sp³-hybridized carbons (Fsp3) is 0.190. The van der Waals surface area contributed by atoms with E-state index >= 15 is 0 Å². The van der Waals surface area contributed by atoms with Gasteiger partial charge in [-0.25, -0.2) is 12.8 Å². The number of carbonyl (C=O) groups excluding carboxylic acids is 1. The normalized spacial score (nSPS) is 12.2. The van der Waals surface area contributed by atoms with E-state index in [1.54, 1.807) is 23.5 Å². The van der Waals surface area contributed by atoms with Crippen LogP contribution in [-0.2, 0) is 16.4 Å². The molecule has 2 N–H and O–H groups in total. The molecule has 0 spiro atoms. The third-order valence-corrected chi connectivity index (χ3v) is 6.59. The molecule has 1 unspecified atom stereocenters. The number of methoxy groups -OCH3 is 1. The first-order valence-electron chi connectivity index (χ1n) is 9.08. The molecule has 1 heterocycles. The van der Waals surface area contributed by atoms with Gasteiger partial charge in [-0.1, -0.05) is 6.07 Å². The van der Waals surface area contributed by atoms with Crippen LogP contribution < -0.4 is 14.8 Å². The van der Waals surface area contributed by atoms with Crippen molar-refractivity contribution in [2.75, 3.05) is 11.8 Å². The zero-order valence-corrected chi connectivity index (χ0v) is 18.0. The first-order chi connectivity index (χ1) is 14.3. The number of rotatable bonds is 8. The van der Waals surface area contributed by atoms with Crippen molar-refractivity contribution >= 4 is 33.0 Å². The molecule has 0 bridgehead atoms. The highest BCUT2D eigenvalue weighted by atomic mass is 32.2. The summed E-state index contributed by atoms with van der Waals surface area (Å²) in [6.07, 6.45) is 0.648. The van der Waals surface area contributed by atoms with E-state index in [2.05, 4.69) is 10.0 Å². The van der Waals surface area contributed by atoms with E-state index < -0.39 is 26.6 Å². The topological polar surface area (TPSA) is 84.5 Å². The average molecular weight is 449 g/mol. The Hall–Kier alpha value is -2.91. The number of ether oxygens (including phenoxy) is 1. The Kier molecular flexibility index (Phi) is 6.73. The molecule has 3 rings (SSSR count). The summed E-state index contributed by atoms with van der Waals surface area (Å²) in [6, 6.07) is 13.2. The van der Waals surface area contributed by atoms with Crippen LogP contribution in [0.3, 0.4) is 0 Å². The first-order valence-corrected chi connectivity index (χ1v) is 11.4. The van der Waals surface area contributed by atoms with E-state index in [0.717, 1.165) is 17.0 Å². The van der Waals surface area contributed by atoms with Gasteiger partial charge < -0.3 is 10.1 Å². The minimum absolute atomic E-state index is 0.0598. The minimum Gasteiger partial charge on any atom is -0.497 e. The zero-order valence-electron chi connectivity index (χ0n) is 16.4. The number of anilines is 1. The fourth-order valence-electron chi connectivity index (χ4n) is 2.81. The number of hydrogen-bond acceptors (Lipinski definition) is 5. The molecule has 1 amide bonds. The number of nitrogens with one attached hydrogen (secondary N) is 2. The molecule has 0 saturated heterocycles. The molecule has 0 radical (unpaired) electrons. The highest BCUT2D eigenvalue weighted by Gasteiger charge is 2.22. The summed E-state index contributed by atoms with van der Waals surface area (Å²) in [5.41, 5.74) is 0.305.